The van der Waals surface area contributed by atoms with Crippen LogP contribution in [0.5, 0.6) is 5.75 Å². The topological polar surface area (TPSA) is 147 Å². The van der Waals surface area contributed by atoms with Crippen LogP contribution >= 0.6 is 0 Å². The van der Waals surface area contributed by atoms with E-state index in [1.165, 1.54) is 0 Å². The Morgan fingerprint density at radius 2 is 1.42 bits per heavy atom. The van der Waals surface area contributed by atoms with Crippen molar-refractivity contribution in [1.29, 1.82) is 0 Å². The van der Waals surface area contributed by atoms with E-state index in [0.717, 1.165) is 28.3 Å². The number of para-hydroxylation sites is 1. The fourth-order valence-electron chi connectivity index (χ4n) is 5.83. The number of hydrogen-bond donors (Lipinski definition) is 4. The lowest BCUT2D eigenvalue weighted by Gasteiger charge is -2.30. The molecule has 10 nitrogen and oxygen atoms in total. The van der Waals surface area contributed by atoms with Gasteiger partial charge >= 0.3 is 6.18 Å². The Hall–Kier alpha value is -4.79. The van der Waals surface area contributed by atoms with Gasteiger partial charge in [-0.1, -0.05) is 92.7 Å². The summed E-state index contributed by atoms with van der Waals surface area (Å²) in [6.45, 7) is 6.69. The Morgan fingerprint density at radius 1 is 0.830 bits per heavy atom. The van der Waals surface area contributed by atoms with Gasteiger partial charge in [0.1, 0.15) is 11.8 Å². The van der Waals surface area contributed by atoms with Crippen molar-refractivity contribution in [3.05, 3.63) is 125 Å². The third-order valence-electron chi connectivity index (χ3n) is 8.63. The Balaban J connectivity index is 1.54. The van der Waals surface area contributed by atoms with Gasteiger partial charge in [0.2, 0.25) is 5.91 Å². The Morgan fingerprint density at radius 3 is 1.94 bits per heavy atom. The lowest BCUT2D eigenvalue weighted by molar-refractivity contribution is -0.138. The molecule has 53 heavy (non-hydrogen) atoms. The highest BCUT2D eigenvalue weighted by molar-refractivity contribution is 7.89. The number of aromatic nitrogens is 1. The van der Waals surface area contributed by atoms with Crippen LogP contribution in [0.4, 0.5) is 13.2 Å². The monoisotopic (exact) mass is 754 g/mol. The average Bonchev–Trinajstić information content (AvgIpc) is 3.10. The van der Waals surface area contributed by atoms with E-state index in [4.69, 9.17) is 4.74 Å². The van der Waals surface area contributed by atoms with Crippen LogP contribution in [-0.4, -0.2) is 61.2 Å². The lowest BCUT2D eigenvalue weighted by Crippen LogP contribution is -2.54. The van der Waals surface area contributed by atoms with Gasteiger partial charge in [0.05, 0.1) is 17.7 Å². The molecule has 0 aliphatic heterocycles. The molecule has 0 radical (unpaired) electrons. The van der Waals surface area contributed by atoms with Gasteiger partial charge in [0.15, 0.2) is 11.6 Å². The number of alkyl halides is 3. The maximum atomic E-state index is 13.8. The van der Waals surface area contributed by atoms with E-state index in [1.54, 1.807) is 13.8 Å². The molecule has 0 saturated carbocycles. The SMILES string of the molecule is Cc1cccc(C)c1OCC(=O)N[C@@H](Cc1ccccc1)[C@@H](O)C[C@H](Cc1ccccc1)NC(=O)[C@@H](NS(=O)(=O)c1ccc(C(F)(F)F)cn1)C(C)C. The van der Waals surface area contributed by atoms with Gasteiger partial charge < -0.3 is 20.5 Å². The number of halogens is 3. The molecule has 284 valence electrons. The molecule has 2 amide bonds. The number of aliphatic hydroxyl groups excluding tert-OH is 1. The first-order valence-corrected chi connectivity index (χ1v) is 18.6. The summed E-state index contributed by atoms with van der Waals surface area (Å²) in [6.07, 6.45) is -5.00. The fraction of sp³-hybridized carbons (Fsp3) is 0.359. The number of nitrogens with one attached hydrogen (secondary N) is 3. The minimum absolute atomic E-state index is 0.0335. The molecule has 0 spiro atoms. The smallest absolute Gasteiger partial charge is 0.417 e. The number of carbonyl (C=O) groups is 2. The zero-order valence-electron chi connectivity index (χ0n) is 29.9. The fourth-order valence-corrected chi connectivity index (χ4v) is 7.10. The predicted molar refractivity (Wildman–Crippen MR) is 194 cm³/mol. The van der Waals surface area contributed by atoms with Gasteiger partial charge in [-0.25, -0.2) is 13.4 Å². The summed E-state index contributed by atoms with van der Waals surface area (Å²) in [6, 6.07) is 22.5. The number of benzene rings is 3. The molecule has 4 N–H and O–H groups in total. The van der Waals surface area contributed by atoms with E-state index in [9.17, 15) is 36.3 Å². The van der Waals surface area contributed by atoms with Crippen LogP contribution < -0.4 is 20.1 Å². The van der Waals surface area contributed by atoms with Gasteiger partial charge in [0, 0.05) is 12.2 Å². The Bertz CT molecular complexity index is 1890. The molecule has 0 unspecified atom stereocenters. The van der Waals surface area contributed by atoms with Crippen molar-refractivity contribution in [2.24, 2.45) is 5.92 Å². The number of ether oxygens (including phenoxy) is 1. The first-order valence-electron chi connectivity index (χ1n) is 17.1. The van der Waals surface area contributed by atoms with Gasteiger partial charge in [-0.2, -0.15) is 17.9 Å². The van der Waals surface area contributed by atoms with Crippen molar-refractivity contribution >= 4 is 21.8 Å². The van der Waals surface area contributed by atoms with E-state index in [0.29, 0.717) is 18.0 Å². The maximum absolute atomic E-state index is 13.8. The summed E-state index contributed by atoms with van der Waals surface area (Å²) in [4.78, 5) is 30.5. The summed E-state index contributed by atoms with van der Waals surface area (Å²) < 4.78 is 73.7. The molecule has 1 aromatic heterocycles. The van der Waals surface area contributed by atoms with Gasteiger partial charge in [-0.3, -0.25) is 9.59 Å². The summed E-state index contributed by atoms with van der Waals surface area (Å²) in [7, 11) is -4.52. The minimum atomic E-state index is -4.71. The number of hydrogen-bond acceptors (Lipinski definition) is 7. The highest BCUT2D eigenvalue weighted by atomic mass is 32.2. The Labute approximate surface area is 308 Å². The van der Waals surface area contributed by atoms with E-state index in [1.807, 2.05) is 92.7 Å². The van der Waals surface area contributed by atoms with Crippen LogP contribution in [0.2, 0.25) is 0 Å². The number of aryl methyl sites for hydroxylation is 2. The number of rotatable bonds is 17. The number of nitrogens with zero attached hydrogens (tertiary/aromatic N) is 1. The van der Waals surface area contributed by atoms with E-state index in [-0.39, 0.29) is 25.9 Å². The molecule has 4 aromatic rings. The highest BCUT2D eigenvalue weighted by Gasteiger charge is 2.34. The van der Waals surface area contributed by atoms with Crippen LogP contribution in [0.25, 0.3) is 0 Å². The third kappa shape index (κ3) is 12.1. The summed E-state index contributed by atoms with van der Waals surface area (Å²) in [5.41, 5.74) is 2.30. The number of amides is 2. The number of pyridine rings is 1. The summed E-state index contributed by atoms with van der Waals surface area (Å²) >= 11 is 0. The van der Waals surface area contributed by atoms with Gasteiger partial charge in [-0.05, 0) is 73.4 Å². The minimum Gasteiger partial charge on any atom is -0.483 e. The van der Waals surface area contributed by atoms with Crippen molar-refractivity contribution < 1.29 is 41.0 Å². The third-order valence-corrected chi connectivity index (χ3v) is 9.99. The number of carbonyl (C=O) groups excluding carboxylic acids is 2. The molecular formula is C39H45F3N4O6S. The number of aliphatic hydroxyl groups is 1. The van der Waals surface area contributed by atoms with Crippen LogP contribution in [0.3, 0.4) is 0 Å². The molecule has 0 aliphatic rings. The van der Waals surface area contributed by atoms with Crippen LogP contribution in [0.1, 0.15) is 48.1 Å². The molecule has 0 bridgehead atoms. The van der Waals surface area contributed by atoms with E-state index >= 15 is 0 Å². The quantitative estimate of drug-likeness (QED) is 0.114. The van der Waals surface area contributed by atoms with Crippen molar-refractivity contribution in [2.75, 3.05) is 6.61 Å². The van der Waals surface area contributed by atoms with Crippen molar-refractivity contribution in [3.63, 3.8) is 0 Å². The average molecular weight is 755 g/mol. The van der Waals surface area contributed by atoms with Crippen molar-refractivity contribution in [2.45, 2.75) is 82.4 Å². The molecule has 4 atom stereocenters. The predicted octanol–water partition coefficient (Wildman–Crippen LogP) is 5.31. The second kappa shape index (κ2) is 18.3. The largest absolute Gasteiger partial charge is 0.483 e. The standard InChI is InChI=1S/C39H45F3N4O6S/c1-25(2)36(46-53(50,51)35-19-18-30(23-43-35)39(40,41)42)38(49)44-31(20-28-14-7-5-8-15-28)22-33(47)32(21-29-16-9-6-10-17-29)45-34(48)24-52-37-26(3)12-11-13-27(37)4/h5-19,23,25,31-33,36,46-47H,20-22,24H2,1-4H3,(H,44,49)(H,45,48)/t31-,32-,33-,36-/m0/s1. The van der Waals surface area contributed by atoms with E-state index < -0.39 is 68.8 Å². The molecule has 0 fully saturated rings. The number of sulfonamides is 1. The molecule has 0 saturated heterocycles. The summed E-state index contributed by atoms with van der Waals surface area (Å²) in [5, 5.41) is 16.8. The highest BCUT2D eigenvalue weighted by Crippen LogP contribution is 2.29. The zero-order valence-corrected chi connectivity index (χ0v) is 30.7. The molecule has 3 aromatic carbocycles. The van der Waals surface area contributed by atoms with Gasteiger partial charge in [-0.15, -0.1) is 0 Å². The van der Waals surface area contributed by atoms with Crippen molar-refractivity contribution in [1.82, 2.24) is 20.3 Å². The second-order valence-electron chi connectivity index (χ2n) is 13.3. The van der Waals surface area contributed by atoms with E-state index in [2.05, 4.69) is 20.3 Å². The van der Waals surface area contributed by atoms with Crippen LogP contribution in [0.15, 0.2) is 102 Å². The molecule has 4 rings (SSSR count). The molecule has 1 heterocycles. The lowest BCUT2D eigenvalue weighted by atomic mass is 9.93. The van der Waals surface area contributed by atoms with Crippen LogP contribution in [-0.2, 0) is 38.6 Å². The molecule has 14 heteroatoms. The summed E-state index contributed by atoms with van der Waals surface area (Å²) in [5.74, 6) is -1.17. The Kier molecular flexibility index (Phi) is 14.2. The molecular weight excluding hydrogens is 710 g/mol. The van der Waals surface area contributed by atoms with Crippen molar-refractivity contribution in [3.8, 4) is 5.75 Å². The first-order chi connectivity index (χ1) is 25.0. The first kappa shape index (κ1) is 41.0. The zero-order chi connectivity index (χ0) is 38.8. The second-order valence-corrected chi connectivity index (χ2v) is 15.0. The van der Waals surface area contributed by atoms with Crippen LogP contribution in [0, 0.1) is 19.8 Å². The maximum Gasteiger partial charge on any atom is 0.417 e. The van der Waals surface area contributed by atoms with Gasteiger partial charge in [0.25, 0.3) is 15.9 Å². The molecule has 0 aliphatic carbocycles. The normalized spacial score (nSPS) is 14.2.